The molecule has 3 aromatic rings. The van der Waals surface area contributed by atoms with Crippen LogP contribution in [0.4, 0.5) is 17.6 Å². The molecule has 0 aliphatic carbocycles. The van der Waals surface area contributed by atoms with Crippen molar-refractivity contribution in [1.82, 2.24) is 20.0 Å². The number of carboxylic acids is 1. The van der Waals surface area contributed by atoms with Gasteiger partial charge in [-0.3, -0.25) is 4.79 Å². The Bertz CT molecular complexity index is 1140. The topological polar surface area (TPSA) is 87.5 Å². The number of hydrogen-bond acceptors (Lipinski definition) is 4. The minimum atomic E-state index is -5.08. The third kappa shape index (κ3) is 8.81. The summed E-state index contributed by atoms with van der Waals surface area (Å²) in [6, 6.07) is 14.0. The zero-order valence-corrected chi connectivity index (χ0v) is 20.1. The number of aromatic nitrogens is 2. The van der Waals surface area contributed by atoms with Gasteiger partial charge < -0.3 is 15.3 Å². The van der Waals surface area contributed by atoms with Gasteiger partial charge in [-0.25, -0.2) is 13.9 Å². The second-order valence-electron chi connectivity index (χ2n) is 8.25. The number of halogens is 4. The quantitative estimate of drug-likeness (QED) is 0.341. The van der Waals surface area contributed by atoms with Crippen LogP contribution in [0.3, 0.4) is 0 Å². The van der Waals surface area contributed by atoms with E-state index in [2.05, 4.69) is 15.3 Å². The van der Waals surface area contributed by atoms with Crippen LogP contribution in [0.15, 0.2) is 54.7 Å². The molecule has 2 N–H and O–H groups in total. The van der Waals surface area contributed by atoms with Crippen molar-refractivity contribution in [3.05, 3.63) is 71.7 Å². The molecule has 11 heteroatoms. The van der Waals surface area contributed by atoms with Crippen LogP contribution < -0.4 is 5.32 Å². The van der Waals surface area contributed by atoms with Gasteiger partial charge in [0.1, 0.15) is 11.5 Å². The normalized spacial score (nSPS) is 11.1. The number of alkyl halides is 3. The number of carbonyl (C=O) groups excluding carboxylic acids is 1. The Morgan fingerprint density at radius 2 is 1.61 bits per heavy atom. The van der Waals surface area contributed by atoms with E-state index in [1.54, 1.807) is 23.0 Å². The number of unbranched alkanes of at least 4 members (excludes halogenated alkanes) is 1. The predicted molar refractivity (Wildman–Crippen MR) is 128 cm³/mol. The van der Waals surface area contributed by atoms with Gasteiger partial charge in [-0.05, 0) is 64.7 Å². The van der Waals surface area contributed by atoms with Crippen LogP contribution in [0.2, 0.25) is 0 Å². The van der Waals surface area contributed by atoms with Gasteiger partial charge in [-0.1, -0.05) is 29.8 Å². The molecule has 0 aliphatic heterocycles. The van der Waals surface area contributed by atoms with Crippen LogP contribution in [0, 0.1) is 12.7 Å². The van der Waals surface area contributed by atoms with Gasteiger partial charge in [0.2, 0.25) is 0 Å². The predicted octanol–water partition coefficient (Wildman–Crippen LogP) is 4.69. The Hall–Kier alpha value is -3.73. The minimum absolute atomic E-state index is 0.154. The van der Waals surface area contributed by atoms with E-state index >= 15 is 0 Å². The van der Waals surface area contributed by atoms with E-state index in [0.717, 1.165) is 30.5 Å². The lowest BCUT2D eigenvalue weighted by atomic mass is 10.1. The van der Waals surface area contributed by atoms with Gasteiger partial charge in [0.25, 0.3) is 5.91 Å². The molecule has 36 heavy (non-hydrogen) atoms. The maximum atomic E-state index is 13.3. The standard InChI is InChI=1S/C23H27FN4O.C2HF3O2/c1-17-6-8-18(9-7-17)22-21(23(29)25-14-4-5-15-27(2)3)16-28(26-22)20-12-10-19(24)11-13-20;3-2(4,5)1(6)7/h6-13,16H,4-5,14-15H2,1-3H3,(H,25,29);(H,6,7). The molecule has 1 aromatic heterocycles. The van der Waals surface area contributed by atoms with Crippen molar-refractivity contribution in [2.75, 3.05) is 27.2 Å². The summed E-state index contributed by atoms with van der Waals surface area (Å²) < 4.78 is 46.6. The van der Waals surface area contributed by atoms with Crippen LogP contribution in [-0.4, -0.2) is 65.0 Å². The number of carboxylic acid groups (broad SMARTS) is 1. The Labute approximate surface area is 206 Å². The number of aliphatic carboxylic acids is 1. The fourth-order valence-electron chi connectivity index (χ4n) is 3.04. The first-order valence-electron chi connectivity index (χ1n) is 11.0. The van der Waals surface area contributed by atoms with Crippen molar-refractivity contribution in [3.63, 3.8) is 0 Å². The lowest BCUT2D eigenvalue weighted by Crippen LogP contribution is -2.25. The number of carbonyl (C=O) groups is 2. The van der Waals surface area contributed by atoms with Crippen molar-refractivity contribution in [1.29, 1.82) is 0 Å². The second-order valence-corrected chi connectivity index (χ2v) is 8.25. The van der Waals surface area contributed by atoms with Crippen molar-refractivity contribution in [2.45, 2.75) is 25.9 Å². The van der Waals surface area contributed by atoms with E-state index in [-0.39, 0.29) is 11.7 Å². The number of nitrogens with one attached hydrogen (secondary N) is 1. The lowest BCUT2D eigenvalue weighted by Gasteiger charge is -2.09. The van der Waals surface area contributed by atoms with Crippen molar-refractivity contribution in [2.24, 2.45) is 0 Å². The molecular weight excluding hydrogens is 480 g/mol. The number of amides is 1. The molecule has 3 rings (SSSR count). The molecule has 194 valence electrons. The zero-order valence-electron chi connectivity index (χ0n) is 20.1. The van der Waals surface area contributed by atoms with Gasteiger partial charge in [0.15, 0.2) is 0 Å². The van der Waals surface area contributed by atoms with E-state index in [0.29, 0.717) is 23.5 Å². The van der Waals surface area contributed by atoms with Crippen LogP contribution in [0.5, 0.6) is 0 Å². The Kier molecular flexibility index (Phi) is 10.2. The number of rotatable bonds is 8. The molecular formula is C25H28F4N4O3. The highest BCUT2D eigenvalue weighted by Gasteiger charge is 2.38. The molecule has 0 saturated carbocycles. The lowest BCUT2D eigenvalue weighted by molar-refractivity contribution is -0.192. The molecule has 0 atom stereocenters. The minimum Gasteiger partial charge on any atom is -0.475 e. The third-order valence-corrected chi connectivity index (χ3v) is 4.94. The van der Waals surface area contributed by atoms with Gasteiger partial charge in [-0.15, -0.1) is 0 Å². The largest absolute Gasteiger partial charge is 0.490 e. The summed E-state index contributed by atoms with van der Waals surface area (Å²) in [6.07, 6.45) is -1.44. The molecule has 2 aromatic carbocycles. The maximum Gasteiger partial charge on any atom is 0.490 e. The first kappa shape index (κ1) is 28.5. The monoisotopic (exact) mass is 508 g/mol. The summed E-state index contributed by atoms with van der Waals surface area (Å²) in [5, 5.41) is 14.7. The van der Waals surface area contributed by atoms with E-state index in [9.17, 15) is 22.4 Å². The Morgan fingerprint density at radius 1 is 1.03 bits per heavy atom. The SMILES string of the molecule is Cc1ccc(-c2nn(-c3ccc(F)cc3)cc2C(=O)NCCCCN(C)C)cc1.O=C(O)C(F)(F)F. The van der Waals surface area contributed by atoms with E-state index in [4.69, 9.17) is 9.90 Å². The van der Waals surface area contributed by atoms with Crippen molar-refractivity contribution >= 4 is 11.9 Å². The van der Waals surface area contributed by atoms with Crippen LogP contribution in [0.25, 0.3) is 16.9 Å². The summed E-state index contributed by atoms with van der Waals surface area (Å²) in [5.41, 5.74) is 3.82. The number of nitrogens with zero attached hydrogens (tertiary/aromatic N) is 3. The zero-order chi connectivity index (χ0) is 26.9. The van der Waals surface area contributed by atoms with Gasteiger partial charge in [-0.2, -0.15) is 18.3 Å². The Morgan fingerprint density at radius 3 is 2.14 bits per heavy atom. The Balaban J connectivity index is 0.000000572. The summed E-state index contributed by atoms with van der Waals surface area (Å²) in [7, 11) is 4.08. The van der Waals surface area contributed by atoms with Crippen molar-refractivity contribution in [3.8, 4) is 16.9 Å². The molecule has 1 amide bonds. The summed E-state index contributed by atoms with van der Waals surface area (Å²) in [5.74, 6) is -3.22. The smallest absolute Gasteiger partial charge is 0.475 e. The van der Waals surface area contributed by atoms with Crippen LogP contribution in [0.1, 0.15) is 28.8 Å². The summed E-state index contributed by atoms with van der Waals surface area (Å²) in [6.45, 7) is 3.62. The van der Waals surface area contributed by atoms with E-state index < -0.39 is 12.1 Å². The summed E-state index contributed by atoms with van der Waals surface area (Å²) in [4.78, 5) is 23.9. The molecule has 1 heterocycles. The molecule has 0 spiro atoms. The van der Waals surface area contributed by atoms with Crippen LogP contribution in [-0.2, 0) is 4.79 Å². The fraction of sp³-hybridized carbons (Fsp3) is 0.320. The molecule has 0 radical (unpaired) electrons. The highest BCUT2D eigenvalue weighted by molar-refractivity contribution is 5.99. The highest BCUT2D eigenvalue weighted by atomic mass is 19.4. The number of aryl methyl sites for hydroxylation is 1. The average Bonchev–Trinajstić information content (AvgIpc) is 3.25. The molecule has 0 fully saturated rings. The summed E-state index contributed by atoms with van der Waals surface area (Å²) >= 11 is 0. The highest BCUT2D eigenvalue weighted by Crippen LogP contribution is 2.24. The molecule has 0 saturated heterocycles. The van der Waals surface area contributed by atoms with Crippen molar-refractivity contribution < 1.29 is 32.3 Å². The second kappa shape index (κ2) is 12.8. The average molecular weight is 509 g/mol. The first-order valence-corrected chi connectivity index (χ1v) is 11.0. The van der Waals surface area contributed by atoms with Gasteiger partial charge in [0.05, 0.1) is 11.3 Å². The van der Waals surface area contributed by atoms with Crippen LogP contribution >= 0.6 is 0 Å². The maximum absolute atomic E-state index is 13.3. The first-order chi connectivity index (χ1) is 16.9. The number of hydrogen-bond donors (Lipinski definition) is 2. The molecule has 0 aliphatic rings. The molecule has 0 bridgehead atoms. The van der Waals surface area contributed by atoms with Gasteiger partial charge in [0, 0.05) is 18.3 Å². The third-order valence-electron chi connectivity index (χ3n) is 4.94. The molecule has 0 unspecified atom stereocenters. The van der Waals surface area contributed by atoms with E-state index in [1.165, 1.54) is 12.1 Å². The van der Waals surface area contributed by atoms with E-state index in [1.807, 2.05) is 45.3 Å². The fourth-order valence-corrected chi connectivity index (χ4v) is 3.04. The molecule has 7 nitrogen and oxygen atoms in total. The number of benzene rings is 2. The van der Waals surface area contributed by atoms with Gasteiger partial charge >= 0.3 is 12.1 Å².